The molecule has 2 rings (SSSR count). The first kappa shape index (κ1) is 18.3. The van der Waals surface area contributed by atoms with Crippen molar-refractivity contribution in [3.8, 4) is 0 Å². The van der Waals surface area contributed by atoms with Gasteiger partial charge < -0.3 is 15.5 Å². The van der Waals surface area contributed by atoms with Crippen molar-refractivity contribution in [3.63, 3.8) is 0 Å². The number of hydrogen-bond acceptors (Lipinski definition) is 4. The topological polar surface area (TPSA) is 49.6 Å². The van der Waals surface area contributed by atoms with Gasteiger partial charge in [0.2, 0.25) is 0 Å². The van der Waals surface area contributed by atoms with E-state index in [0.29, 0.717) is 12.5 Å². The van der Waals surface area contributed by atoms with E-state index in [4.69, 9.17) is 5.73 Å². The Balaban J connectivity index is 2.39. The van der Waals surface area contributed by atoms with E-state index < -0.39 is 0 Å². The molecule has 0 unspecified atom stereocenters. The maximum atomic E-state index is 13.0. The number of rotatable bonds is 6. The van der Waals surface area contributed by atoms with E-state index in [0.717, 1.165) is 21.8 Å². The highest BCUT2D eigenvalue weighted by molar-refractivity contribution is 7.12. The summed E-state index contributed by atoms with van der Waals surface area (Å²) in [7, 11) is 4.01. The van der Waals surface area contributed by atoms with Crippen LogP contribution in [-0.2, 0) is 6.54 Å². The molecule has 1 heterocycles. The van der Waals surface area contributed by atoms with Crippen molar-refractivity contribution < 1.29 is 4.79 Å². The lowest BCUT2D eigenvalue weighted by molar-refractivity contribution is 0.0633. The molecule has 0 aliphatic rings. The fourth-order valence-electron chi connectivity index (χ4n) is 2.65. The molecule has 0 saturated heterocycles. The summed E-state index contributed by atoms with van der Waals surface area (Å²) < 4.78 is 0. The van der Waals surface area contributed by atoms with Gasteiger partial charge in [-0.05, 0) is 48.1 Å². The highest BCUT2D eigenvalue weighted by Crippen LogP contribution is 2.26. The van der Waals surface area contributed by atoms with Gasteiger partial charge in [0.15, 0.2) is 0 Å². The van der Waals surface area contributed by atoms with Gasteiger partial charge in [0.1, 0.15) is 0 Å². The van der Waals surface area contributed by atoms with E-state index in [1.165, 1.54) is 11.3 Å². The molecular formula is C19H27N3OS. The lowest BCUT2D eigenvalue weighted by atomic mass is 10.0. The second-order valence-corrected chi connectivity index (χ2v) is 7.63. The summed E-state index contributed by atoms with van der Waals surface area (Å²) in [6.45, 7) is 6.95. The van der Waals surface area contributed by atoms with Gasteiger partial charge in [0, 0.05) is 38.1 Å². The predicted octanol–water partition coefficient (Wildman–Crippen LogP) is 4.08. The molecule has 0 bridgehead atoms. The molecule has 0 spiro atoms. The highest BCUT2D eigenvalue weighted by Gasteiger charge is 2.25. The van der Waals surface area contributed by atoms with Gasteiger partial charge in [-0.25, -0.2) is 0 Å². The van der Waals surface area contributed by atoms with Gasteiger partial charge in [-0.2, -0.15) is 0 Å². The van der Waals surface area contributed by atoms with Crippen molar-refractivity contribution in [2.45, 2.75) is 33.4 Å². The molecular weight excluding hydrogens is 318 g/mol. The van der Waals surface area contributed by atoms with Gasteiger partial charge in [-0.15, -0.1) is 11.3 Å². The number of hydrogen-bond donors (Lipinski definition) is 1. The molecule has 0 radical (unpaired) electrons. The van der Waals surface area contributed by atoms with Crippen LogP contribution in [0, 0.1) is 5.92 Å². The molecule has 0 aliphatic heterocycles. The Hall–Kier alpha value is -2.01. The summed E-state index contributed by atoms with van der Waals surface area (Å²) in [5.74, 6) is 0.455. The van der Waals surface area contributed by atoms with Gasteiger partial charge in [0.25, 0.3) is 5.91 Å². The van der Waals surface area contributed by atoms with Gasteiger partial charge in [-0.3, -0.25) is 4.79 Å². The first-order chi connectivity index (χ1) is 11.3. The molecule has 24 heavy (non-hydrogen) atoms. The maximum Gasteiger partial charge on any atom is 0.264 e. The number of anilines is 2. The van der Waals surface area contributed by atoms with E-state index in [1.807, 2.05) is 54.7 Å². The minimum absolute atomic E-state index is 0.0818. The SMILES string of the molecule is CC(C)[C@H](C)N(Cc1cc(N)ccc1N(C)C)C(=O)c1cccs1. The summed E-state index contributed by atoms with van der Waals surface area (Å²) in [5.41, 5.74) is 8.86. The zero-order valence-electron chi connectivity index (χ0n) is 15.1. The Morgan fingerprint density at radius 2 is 1.92 bits per heavy atom. The van der Waals surface area contributed by atoms with Crippen LogP contribution in [0.3, 0.4) is 0 Å². The number of nitrogens with zero attached hydrogens (tertiary/aromatic N) is 2. The van der Waals surface area contributed by atoms with E-state index in [-0.39, 0.29) is 11.9 Å². The normalized spacial score (nSPS) is 12.2. The van der Waals surface area contributed by atoms with Gasteiger partial charge >= 0.3 is 0 Å². The smallest absolute Gasteiger partial charge is 0.264 e. The van der Waals surface area contributed by atoms with Crippen molar-refractivity contribution in [2.24, 2.45) is 5.92 Å². The van der Waals surface area contributed by atoms with Gasteiger partial charge in [0.05, 0.1) is 4.88 Å². The molecule has 2 aromatic rings. The van der Waals surface area contributed by atoms with Crippen LogP contribution in [0.15, 0.2) is 35.7 Å². The Morgan fingerprint density at radius 3 is 2.46 bits per heavy atom. The van der Waals surface area contributed by atoms with E-state index >= 15 is 0 Å². The van der Waals surface area contributed by atoms with E-state index in [2.05, 4.69) is 25.7 Å². The average molecular weight is 346 g/mol. The molecule has 0 saturated carbocycles. The quantitative estimate of drug-likeness (QED) is 0.803. The summed E-state index contributed by atoms with van der Waals surface area (Å²) in [6.07, 6.45) is 0. The first-order valence-electron chi connectivity index (χ1n) is 8.21. The van der Waals surface area contributed by atoms with Crippen molar-refractivity contribution in [1.29, 1.82) is 0 Å². The van der Waals surface area contributed by atoms with E-state index in [1.54, 1.807) is 0 Å². The molecule has 1 aromatic carbocycles. The zero-order chi connectivity index (χ0) is 17.9. The monoisotopic (exact) mass is 345 g/mol. The number of carbonyl (C=O) groups excluding carboxylic acids is 1. The number of thiophene rings is 1. The third-order valence-corrected chi connectivity index (χ3v) is 5.23. The molecule has 1 aromatic heterocycles. The van der Waals surface area contributed by atoms with Crippen LogP contribution in [0.5, 0.6) is 0 Å². The van der Waals surface area contributed by atoms with Crippen LogP contribution in [0.25, 0.3) is 0 Å². The molecule has 2 N–H and O–H groups in total. The molecule has 1 atom stereocenters. The van der Waals surface area contributed by atoms with Crippen molar-refractivity contribution in [2.75, 3.05) is 24.7 Å². The summed E-state index contributed by atoms with van der Waals surface area (Å²) in [4.78, 5) is 17.8. The van der Waals surface area contributed by atoms with Crippen LogP contribution >= 0.6 is 11.3 Å². The third-order valence-electron chi connectivity index (χ3n) is 4.38. The van der Waals surface area contributed by atoms with Crippen LogP contribution in [0.1, 0.15) is 36.0 Å². The fraction of sp³-hybridized carbons (Fsp3) is 0.421. The molecule has 0 aliphatic carbocycles. The minimum atomic E-state index is 0.0818. The lowest BCUT2D eigenvalue weighted by Gasteiger charge is -2.33. The molecule has 130 valence electrons. The fourth-order valence-corrected chi connectivity index (χ4v) is 3.33. The average Bonchev–Trinajstić information content (AvgIpc) is 3.05. The Morgan fingerprint density at radius 1 is 1.21 bits per heavy atom. The second kappa shape index (κ2) is 7.71. The van der Waals surface area contributed by atoms with Crippen molar-refractivity contribution in [3.05, 3.63) is 46.2 Å². The summed E-state index contributed by atoms with van der Waals surface area (Å²) in [6, 6.07) is 9.82. The van der Waals surface area contributed by atoms with E-state index in [9.17, 15) is 4.79 Å². The number of nitrogen functional groups attached to an aromatic ring is 1. The summed E-state index contributed by atoms with van der Waals surface area (Å²) in [5, 5.41) is 1.94. The molecule has 1 amide bonds. The standard InChI is InChI=1S/C19H27N3OS/c1-13(2)14(3)22(19(23)18-7-6-10-24-18)12-15-11-16(20)8-9-17(15)21(4)5/h6-11,13-14H,12,20H2,1-5H3/t14-/m0/s1. The lowest BCUT2D eigenvalue weighted by Crippen LogP contribution is -2.41. The second-order valence-electron chi connectivity index (χ2n) is 6.68. The first-order valence-corrected chi connectivity index (χ1v) is 9.09. The maximum absolute atomic E-state index is 13.0. The number of amides is 1. The third kappa shape index (κ3) is 4.09. The predicted molar refractivity (Wildman–Crippen MR) is 104 cm³/mol. The van der Waals surface area contributed by atoms with Crippen LogP contribution in [0.2, 0.25) is 0 Å². The van der Waals surface area contributed by atoms with Crippen molar-refractivity contribution in [1.82, 2.24) is 4.90 Å². The number of benzene rings is 1. The molecule has 4 nitrogen and oxygen atoms in total. The zero-order valence-corrected chi connectivity index (χ0v) is 15.9. The largest absolute Gasteiger partial charge is 0.399 e. The highest BCUT2D eigenvalue weighted by atomic mass is 32.1. The van der Waals surface area contributed by atoms with Crippen LogP contribution in [-0.4, -0.2) is 30.9 Å². The van der Waals surface area contributed by atoms with Crippen molar-refractivity contribution >= 4 is 28.6 Å². The minimum Gasteiger partial charge on any atom is -0.399 e. The Kier molecular flexibility index (Phi) is 5.89. The summed E-state index contributed by atoms with van der Waals surface area (Å²) >= 11 is 1.49. The molecule has 5 heteroatoms. The van der Waals surface area contributed by atoms with Crippen LogP contribution in [0.4, 0.5) is 11.4 Å². The number of carbonyl (C=O) groups is 1. The Bertz CT molecular complexity index is 680. The van der Waals surface area contributed by atoms with Crippen LogP contribution < -0.4 is 10.6 Å². The molecule has 0 fully saturated rings. The Labute approximate surface area is 148 Å². The number of nitrogens with two attached hydrogens (primary N) is 1. The van der Waals surface area contributed by atoms with Gasteiger partial charge in [-0.1, -0.05) is 19.9 Å².